The second kappa shape index (κ2) is 7.15. The quantitative estimate of drug-likeness (QED) is 0.693. The molecule has 3 heterocycles. The topological polar surface area (TPSA) is 95.6 Å². The van der Waals surface area contributed by atoms with Crippen molar-refractivity contribution in [3.63, 3.8) is 0 Å². The first-order valence-electron chi connectivity index (χ1n) is 8.84. The van der Waals surface area contributed by atoms with Crippen LogP contribution >= 0.6 is 0 Å². The van der Waals surface area contributed by atoms with Gasteiger partial charge in [0.1, 0.15) is 35.6 Å². The summed E-state index contributed by atoms with van der Waals surface area (Å²) in [5.74, 6) is 0.0967. The fraction of sp³-hybridized carbons (Fsp3) is 0.263. The van der Waals surface area contributed by atoms with Crippen molar-refractivity contribution >= 4 is 17.4 Å². The SMILES string of the molecule is CCN1Cc2c(ccc(F)c2C#N)OCCNC(=O)c2cnn3ccc1nc23. The molecule has 4 rings (SSSR count). The van der Waals surface area contributed by atoms with Gasteiger partial charge in [0.25, 0.3) is 5.91 Å². The van der Waals surface area contributed by atoms with Crippen LogP contribution in [0.1, 0.15) is 28.4 Å². The van der Waals surface area contributed by atoms with E-state index in [0.717, 1.165) is 0 Å². The van der Waals surface area contributed by atoms with Gasteiger partial charge in [-0.2, -0.15) is 10.4 Å². The lowest BCUT2D eigenvalue weighted by Gasteiger charge is -2.24. The minimum Gasteiger partial charge on any atom is -0.491 e. The highest BCUT2D eigenvalue weighted by molar-refractivity contribution is 5.99. The van der Waals surface area contributed by atoms with Crippen LogP contribution in [0.25, 0.3) is 5.65 Å². The summed E-state index contributed by atoms with van der Waals surface area (Å²) in [5, 5.41) is 16.4. The number of carbonyl (C=O) groups excluding carboxylic acids is 1. The van der Waals surface area contributed by atoms with Gasteiger partial charge in [-0.3, -0.25) is 4.79 Å². The van der Waals surface area contributed by atoms with Crippen LogP contribution in [0.3, 0.4) is 0 Å². The molecule has 142 valence electrons. The third-order valence-electron chi connectivity index (χ3n) is 4.63. The number of aromatic nitrogens is 3. The molecule has 0 aliphatic carbocycles. The summed E-state index contributed by atoms with van der Waals surface area (Å²) in [6.07, 6.45) is 3.18. The van der Waals surface area contributed by atoms with Gasteiger partial charge in [0.15, 0.2) is 5.65 Å². The molecule has 0 atom stereocenters. The molecule has 0 saturated carbocycles. The fourth-order valence-electron chi connectivity index (χ4n) is 3.18. The summed E-state index contributed by atoms with van der Waals surface area (Å²) in [6, 6.07) is 6.41. The highest BCUT2D eigenvalue weighted by Crippen LogP contribution is 2.28. The summed E-state index contributed by atoms with van der Waals surface area (Å²) >= 11 is 0. The van der Waals surface area contributed by atoms with Crippen LogP contribution in [0.15, 0.2) is 30.6 Å². The molecule has 1 N–H and O–H groups in total. The minimum absolute atomic E-state index is 0.0547. The zero-order valence-corrected chi connectivity index (χ0v) is 15.1. The van der Waals surface area contributed by atoms with Crippen molar-refractivity contribution in [3.05, 3.63) is 53.1 Å². The van der Waals surface area contributed by atoms with Gasteiger partial charge in [0, 0.05) is 24.8 Å². The number of nitriles is 1. The van der Waals surface area contributed by atoms with Crippen LogP contribution in [0, 0.1) is 17.1 Å². The van der Waals surface area contributed by atoms with Crippen molar-refractivity contribution in [2.45, 2.75) is 13.5 Å². The number of nitrogens with zero attached hydrogens (tertiary/aromatic N) is 5. The smallest absolute Gasteiger partial charge is 0.256 e. The number of ether oxygens (including phenoxy) is 1. The van der Waals surface area contributed by atoms with Crippen LogP contribution in [-0.4, -0.2) is 40.2 Å². The van der Waals surface area contributed by atoms with E-state index in [1.807, 2.05) is 17.9 Å². The molecule has 2 aromatic heterocycles. The number of nitrogens with one attached hydrogen (secondary N) is 1. The van der Waals surface area contributed by atoms with E-state index in [2.05, 4.69) is 15.4 Å². The number of fused-ring (bicyclic) bond motifs is 2. The van der Waals surface area contributed by atoms with Gasteiger partial charge in [0.05, 0.1) is 18.3 Å². The summed E-state index contributed by atoms with van der Waals surface area (Å²) in [6.45, 7) is 3.14. The van der Waals surface area contributed by atoms with Crippen LogP contribution < -0.4 is 15.0 Å². The Labute approximate surface area is 160 Å². The molecule has 0 spiro atoms. The maximum atomic E-state index is 14.2. The van der Waals surface area contributed by atoms with E-state index in [4.69, 9.17) is 4.74 Å². The van der Waals surface area contributed by atoms with E-state index in [1.165, 1.54) is 22.8 Å². The van der Waals surface area contributed by atoms with E-state index in [-0.39, 0.29) is 31.2 Å². The fourth-order valence-corrected chi connectivity index (χ4v) is 3.18. The molecular formula is C19H17FN6O2. The Bertz CT molecular complexity index is 1100. The monoisotopic (exact) mass is 380 g/mol. The van der Waals surface area contributed by atoms with Gasteiger partial charge in [-0.25, -0.2) is 13.9 Å². The normalized spacial score (nSPS) is 14.3. The van der Waals surface area contributed by atoms with Crippen molar-refractivity contribution in [1.29, 1.82) is 5.26 Å². The first-order chi connectivity index (χ1) is 13.6. The zero-order chi connectivity index (χ0) is 19.7. The molecule has 1 aliphatic heterocycles. The standard InChI is InChI=1S/C19H17FN6O2/c1-2-25-11-14-12(9-21)15(20)3-4-16(14)28-8-6-22-19(27)13-10-23-26-7-5-17(25)24-18(13)26/h3-5,7,10H,2,6,8,11H2,1H3,(H,22,27). The molecule has 1 amide bonds. The van der Waals surface area contributed by atoms with Crippen molar-refractivity contribution < 1.29 is 13.9 Å². The lowest BCUT2D eigenvalue weighted by molar-refractivity contribution is 0.0948. The highest BCUT2D eigenvalue weighted by atomic mass is 19.1. The van der Waals surface area contributed by atoms with Crippen molar-refractivity contribution in [2.75, 3.05) is 24.6 Å². The molecule has 1 aromatic carbocycles. The first-order valence-corrected chi connectivity index (χ1v) is 8.84. The van der Waals surface area contributed by atoms with Gasteiger partial charge in [-0.1, -0.05) is 0 Å². The van der Waals surface area contributed by atoms with Crippen LogP contribution in [0.5, 0.6) is 5.75 Å². The lowest BCUT2D eigenvalue weighted by atomic mass is 10.1. The molecular weight excluding hydrogens is 363 g/mol. The highest BCUT2D eigenvalue weighted by Gasteiger charge is 2.21. The number of hydrogen-bond acceptors (Lipinski definition) is 6. The Morgan fingerprint density at radius 3 is 3.04 bits per heavy atom. The molecule has 0 fully saturated rings. The van der Waals surface area contributed by atoms with Gasteiger partial charge in [-0.15, -0.1) is 0 Å². The van der Waals surface area contributed by atoms with Crippen LogP contribution in [0.2, 0.25) is 0 Å². The van der Waals surface area contributed by atoms with Crippen molar-refractivity contribution in [3.8, 4) is 11.8 Å². The Morgan fingerprint density at radius 1 is 1.39 bits per heavy atom. The van der Waals surface area contributed by atoms with E-state index in [9.17, 15) is 14.4 Å². The molecule has 0 radical (unpaired) electrons. The predicted octanol–water partition coefficient (Wildman–Crippen LogP) is 1.89. The van der Waals surface area contributed by atoms with E-state index >= 15 is 0 Å². The Hall–Kier alpha value is -3.67. The molecule has 3 aromatic rings. The number of hydrogen-bond donors (Lipinski definition) is 1. The second-order valence-electron chi connectivity index (χ2n) is 6.24. The van der Waals surface area contributed by atoms with Gasteiger partial charge >= 0.3 is 0 Å². The minimum atomic E-state index is -0.597. The third-order valence-corrected chi connectivity index (χ3v) is 4.63. The van der Waals surface area contributed by atoms with Crippen molar-refractivity contribution in [1.82, 2.24) is 19.9 Å². The summed E-state index contributed by atoms with van der Waals surface area (Å²) in [4.78, 5) is 18.9. The second-order valence-corrected chi connectivity index (χ2v) is 6.24. The molecule has 28 heavy (non-hydrogen) atoms. The largest absolute Gasteiger partial charge is 0.491 e. The van der Waals surface area contributed by atoms with E-state index in [0.29, 0.717) is 34.9 Å². The summed E-state index contributed by atoms with van der Waals surface area (Å²) in [5.41, 5.74) is 1.18. The zero-order valence-electron chi connectivity index (χ0n) is 15.1. The average Bonchev–Trinajstić information content (AvgIpc) is 3.13. The first kappa shape index (κ1) is 17.7. The maximum Gasteiger partial charge on any atom is 0.256 e. The van der Waals surface area contributed by atoms with Gasteiger partial charge in [0.2, 0.25) is 0 Å². The third kappa shape index (κ3) is 2.99. The predicted molar refractivity (Wildman–Crippen MR) is 98.7 cm³/mol. The van der Waals surface area contributed by atoms with Crippen molar-refractivity contribution in [2.24, 2.45) is 0 Å². The van der Waals surface area contributed by atoms with Gasteiger partial charge in [-0.05, 0) is 25.1 Å². The van der Waals surface area contributed by atoms with E-state index in [1.54, 1.807) is 12.3 Å². The number of benzene rings is 1. The number of halogens is 1. The molecule has 0 saturated heterocycles. The van der Waals surface area contributed by atoms with Crippen LogP contribution in [-0.2, 0) is 6.54 Å². The number of anilines is 1. The molecule has 8 nitrogen and oxygen atoms in total. The molecule has 9 heteroatoms. The number of amides is 1. The van der Waals surface area contributed by atoms with Crippen LogP contribution in [0.4, 0.5) is 10.2 Å². The average molecular weight is 380 g/mol. The summed E-state index contributed by atoms with van der Waals surface area (Å²) in [7, 11) is 0. The molecule has 1 aliphatic rings. The molecule has 2 bridgehead atoms. The molecule has 0 unspecified atom stereocenters. The Morgan fingerprint density at radius 2 is 2.25 bits per heavy atom. The number of carbonyl (C=O) groups is 1. The van der Waals surface area contributed by atoms with Gasteiger partial charge < -0.3 is 15.0 Å². The lowest BCUT2D eigenvalue weighted by Crippen LogP contribution is -2.28. The Balaban J connectivity index is 1.87. The Kier molecular flexibility index (Phi) is 4.53. The van der Waals surface area contributed by atoms with E-state index < -0.39 is 5.82 Å². The maximum absolute atomic E-state index is 14.2. The summed E-state index contributed by atoms with van der Waals surface area (Å²) < 4.78 is 21.5. The number of rotatable bonds is 1.